The van der Waals surface area contributed by atoms with Crippen molar-refractivity contribution in [3.63, 3.8) is 0 Å². The Bertz CT molecular complexity index is 741. The number of hydrogen-bond donors (Lipinski definition) is 0. The maximum Gasteiger partial charge on any atom is 0.150 e. The van der Waals surface area contributed by atoms with Crippen LogP contribution >= 0.6 is 23.1 Å². The molecule has 2 aromatic carbocycles. The molecule has 1 heterocycles. The first-order valence-electron chi connectivity index (χ1n) is 6.90. The van der Waals surface area contributed by atoms with Gasteiger partial charge in [-0.15, -0.1) is 11.3 Å². The van der Waals surface area contributed by atoms with E-state index in [1.165, 1.54) is 0 Å². The molecule has 1 atom stereocenters. The number of thioether (sulfide) groups is 1. The monoisotopic (exact) mass is 345 g/mol. The van der Waals surface area contributed by atoms with E-state index in [4.69, 9.17) is 0 Å². The van der Waals surface area contributed by atoms with Crippen LogP contribution in [0, 0.1) is 0 Å². The zero-order valence-electron chi connectivity index (χ0n) is 11.8. The van der Waals surface area contributed by atoms with Crippen LogP contribution in [0.4, 0.5) is 0 Å². The minimum absolute atomic E-state index is 0.648. The summed E-state index contributed by atoms with van der Waals surface area (Å²) in [4.78, 5) is 5.53. The standard InChI is InChI=1S/C17H15NOS3/c19-22(15-9-5-2-6-10-15)12-11-20-17-18-16(13-21-17)14-7-3-1-4-8-14/h1-10,13H,11-12H2/t22-/m1/s1. The van der Waals surface area contributed by atoms with Crippen LogP contribution in [0.25, 0.3) is 11.3 Å². The van der Waals surface area contributed by atoms with Crippen LogP contribution in [0.15, 0.2) is 75.3 Å². The van der Waals surface area contributed by atoms with Crippen LogP contribution in [0.1, 0.15) is 0 Å². The summed E-state index contributed by atoms with van der Waals surface area (Å²) in [5.41, 5.74) is 2.15. The summed E-state index contributed by atoms with van der Waals surface area (Å²) in [6.07, 6.45) is 0. The summed E-state index contributed by atoms with van der Waals surface area (Å²) in [5.74, 6) is 1.46. The van der Waals surface area contributed by atoms with Gasteiger partial charge < -0.3 is 0 Å². The number of hydrogen-bond acceptors (Lipinski definition) is 4. The van der Waals surface area contributed by atoms with E-state index in [-0.39, 0.29) is 0 Å². The topological polar surface area (TPSA) is 30.0 Å². The molecule has 0 spiro atoms. The van der Waals surface area contributed by atoms with Gasteiger partial charge in [0.05, 0.1) is 16.5 Å². The smallest absolute Gasteiger partial charge is 0.150 e. The van der Waals surface area contributed by atoms with E-state index >= 15 is 0 Å². The van der Waals surface area contributed by atoms with Gasteiger partial charge in [0, 0.05) is 27.3 Å². The molecule has 3 aromatic rings. The van der Waals surface area contributed by atoms with Gasteiger partial charge in [-0.05, 0) is 12.1 Å². The highest BCUT2D eigenvalue weighted by Gasteiger charge is 2.07. The molecule has 0 unspecified atom stereocenters. The van der Waals surface area contributed by atoms with E-state index in [2.05, 4.69) is 22.5 Å². The predicted octanol–water partition coefficient (Wildman–Crippen LogP) is 4.71. The summed E-state index contributed by atoms with van der Waals surface area (Å²) in [6, 6.07) is 19.8. The highest BCUT2D eigenvalue weighted by Crippen LogP contribution is 2.28. The minimum Gasteiger partial charge on any atom is -0.254 e. The van der Waals surface area contributed by atoms with Crippen LogP contribution in [0.5, 0.6) is 0 Å². The van der Waals surface area contributed by atoms with E-state index in [9.17, 15) is 4.21 Å². The molecule has 0 fully saturated rings. The van der Waals surface area contributed by atoms with Crippen molar-refractivity contribution in [3.05, 3.63) is 66.0 Å². The summed E-state index contributed by atoms with van der Waals surface area (Å²) in [5, 5.41) is 2.08. The van der Waals surface area contributed by atoms with Gasteiger partial charge in [-0.3, -0.25) is 4.21 Å². The zero-order valence-corrected chi connectivity index (χ0v) is 14.3. The molecule has 0 radical (unpaired) electrons. The molecule has 0 N–H and O–H groups in total. The molecule has 0 bridgehead atoms. The molecule has 112 valence electrons. The number of benzene rings is 2. The van der Waals surface area contributed by atoms with E-state index < -0.39 is 10.8 Å². The molecule has 0 amide bonds. The third-order valence-corrected chi connectivity index (χ3v) is 6.71. The lowest BCUT2D eigenvalue weighted by Crippen LogP contribution is -2.00. The van der Waals surface area contributed by atoms with Crippen molar-refractivity contribution in [2.45, 2.75) is 9.24 Å². The number of thiazole rings is 1. The molecule has 0 saturated carbocycles. The van der Waals surface area contributed by atoms with Crippen molar-refractivity contribution in [2.75, 3.05) is 11.5 Å². The Morgan fingerprint density at radius 3 is 2.41 bits per heavy atom. The normalized spacial score (nSPS) is 12.2. The summed E-state index contributed by atoms with van der Waals surface area (Å²) in [6.45, 7) is 0. The Balaban J connectivity index is 1.55. The Kier molecular flexibility index (Phi) is 5.43. The fourth-order valence-electron chi connectivity index (χ4n) is 1.96. The molecule has 5 heteroatoms. The van der Waals surface area contributed by atoms with Gasteiger partial charge in [0.2, 0.25) is 0 Å². The first-order valence-corrected chi connectivity index (χ1v) is 10.1. The van der Waals surface area contributed by atoms with Crippen LogP contribution < -0.4 is 0 Å². The van der Waals surface area contributed by atoms with Crippen molar-refractivity contribution < 1.29 is 4.21 Å². The van der Waals surface area contributed by atoms with Gasteiger partial charge in [-0.25, -0.2) is 4.98 Å². The summed E-state index contributed by atoms with van der Waals surface area (Å²) >= 11 is 3.32. The molecule has 0 aliphatic carbocycles. The van der Waals surface area contributed by atoms with Gasteiger partial charge in [-0.2, -0.15) is 0 Å². The third kappa shape index (κ3) is 4.06. The molecule has 0 aliphatic heterocycles. The fraction of sp³-hybridized carbons (Fsp3) is 0.118. The molecular weight excluding hydrogens is 330 g/mol. The maximum absolute atomic E-state index is 12.1. The zero-order chi connectivity index (χ0) is 15.2. The molecule has 1 aromatic heterocycles. The third-order valence-electron chi connectivity index (χ3n) is 3.05. The summed E-state index contributed by atoms with van der Waals surface area (Å²) < 4.78 is 13.2. The highest BCUT2D eigenvalue weighted by atomic mass is 32.2. The average Bonchev–Trinajstić information content (AvgIpc) is 3.05. The second-order valence-electron chi connectivity index (χ2n) is 4.58. The predicted molar refractivity (Wildman–Crippen MR) is 96.0 cm³/mol. The number of nitrogens with zero attached hydrogens (tertiary/aromatic N) is 1. The lowest BCUT2D eigenvalue weighted by molar-refractivity contribution is 0.684. The van der Waals surface area contributed by atoms with Crippen LogP contribution in [-0.4, -0.2) is 20.7 Å². The van der Waals surface area contributed by atoms with Crippen molar-refractivity contribution in [1.29, 1.82) is 0 Å². The van der Waals surface area contributed by atoms with Crippen LogP contribution in [0.2, 0.25) is 0 Å². The van der Waals surface area contributed by atoms with Gasteiger partial charge in [0.15, 0.2) is 4.34 Å². The lowest BCUT2D eigenvalue weighted by atomic mass is 10.2. The largest absolute Gasteiger partial charge is 0.254 e. The van der Waals surface area contributed by atoms with Crippen molar-refractivity contribution in [1.82, 2.24) is 4.98 Å². The average molecular weight is 346 g/mol. The number of aromatic nitrogens is 1. The van der Waals surface area contributed by atoms with E-state index in [1.54, 1.807) is 23.1 Å². The number of rotatable bonds is 6. The van der Waals surface area contributed by atoms with Crippen LogP contribution in [0.3, 0.4) is 0 Å². The molecular formula is C17H15NOS3. The Labute approximate surface area is 141 Å². The van der Waals surface area contributed by atoms with Gasteiger partial charge in [0.25, 0.3) is 0 Å². The van der Waals surface area contributed by atoms with Crippen molar-refractivity contribution >= 4 is 33.9 Å². The lowest BCUT2D eigenvalue weighted by Gasteiger charge is -2.00. The highest BCUT2D eigenvalue weighted by molar-refractivity contribution is 8.01. The SMILES string of the molecule is O=[S@](CCSc1nc(-c2ccccc2)cs1)c1ccccc1. The summed E-state index contributed by atoms with van der Waals surface area (Å²) in [7, 11) is -0.930. The molecule has 22 heavy (non-hydrogen) atoms. The molecule has 3 rings (SSSR count). The van der Waals surface area contributed by atoms with Gasteiger partial charge in [-0.1, -0.05) is 60.3 Å². The van der Waals surface area contributed by atoms with Crippen molar-refractivity contribution in [3.8, 4) is 11.3 Å². The van der Waals surface area contributed by atoms with Gasteiger partial charge in [0.1, 0.15) is 0 Å². The first kappa shape index (κ1) is 15.5. The fourth-order valence-corrected chi connectivity index (χ4v) is 5.15. The molecule has 2 nitrogen and oxygen atoms in total. The van der Waals surface area contributed by atoms with E-state index in [0.717, 1.165) is 26.2 Å². The Morgan fingerprint density at radius 2 is 1.68 bits per heavy atom. The second-order valence-corrected chi connectivity index (χ2v) is 8.35. The van der Waals surface area contributed by atoms with E-state index in [0.29, 0.717) is 5.75 Å². The Hall–Kier alpha value is -1.43. The van der Waals surface area contributed by atoms with Gasteiger partial charge >= 0.3 is 0 Å². The quantitative estimate of drug-likeness (QED) is 0.606. The van der Waals surface area contributed by atoms with Crippen LogP contribution in [-0.2, 0) is 10.8 Å². The maximum atomic E-state index is 12.1. The minimum atomic E-state index is -0.930. The first-order chi connectivity index (χ1) is 10.8. The molecule has 0 aliphatic rings. The van der Waals surface area contributed by atoms with Crippen molar-refractivity contribution in [2.24, 2.45) is 0 Å². The second kappa shape index (κ2) is 7.72. The molecule has 0 saturated heterocycles. The van der Waals surface area contributed by atoms with E-state index in [1.807, 2.05) is 48.5 Å². The Morgan fingerprint density at radius 1 is 1.00 bits per heavy atom.